The maximum atomic E-state index is 13.5. The summed E-state index contributed by atoms with van der Waals surface area (Å²) < 4.78 is 14.4. The zero-order valence-electron chi connectivity index (χ0n) is 29.8. The maximum absolute atomic E-state index is 13.5. The Morgan fingerprint density at radius 1 is 1.12 bits per heavy atom. The fourth-order valence-corrected chi connectivity index (χ4v) is 6.27. The van der Waals surface area contributed by atoms with E-state index < -0.39 is 23.6 Å². The number of piperidine rings is 1. The van der Waals surface area contributed by atoms with Crippen molar-refractivity contribution in [3.63, 3.8) is 0 Å². The summed E-state index contributed by atoms with van der Waals surface area (Å²) in [5.74, 6) is -0.497. The fraction of sp³-hybridized carbons (Fsp3) is 0.500. The summed E-state index contributed by atoms with van der Waals surface area (Å²) in [4.78, 5) is 46.6. The third-order valence-corrected chi connectivity index (χ3v) is 9.24. The molecular formula is C38H50BrN5O5. The number of allylic oxidation sites excluding steroid dienone is 4. The van der Waals surface area contributed by atoms with E-state index in [1.807, 2.05) is 52.0 Å². The van der Waals surface area contributed by atoms with Gasteiger partial charge in [0.15, 0.2) is 23.2 Å². The van der Waals surface area contributed by atoms with Gasteiger partial charge >= 0.3 is 5.97 Å². The first-order valence-corrected chi connectivity index (χ1v) is 17.9. The average molecular weight is 737 g/mol. The number of rotatable bonds is 14. The molecule has 2 aromatic heterocycles. The molecule has 1 fully saturated rings. The highest BCUT2D eigenvalue weighted by atomic mass is 79.9. The molecule has 4 rings (SSSR count). The minimum absolute atomic E-state index is 0.00605. The summed E-state index contributed by atoms with van der Waals surface area (Å²) in [6.45, 7) is 15.1. The molecule has 1 atom stereocenters. The highest BCUT2D eigenvalue weighted by molar-refractivity contribution is 9.10. The number of nitrogens with zero attached hydrogens (tertiary/aromatic N) is 4. The normalized spacial score (nSPS) is 15.6. The molecule has 264 valence electrons. The van der Waals surface area contributed by atoms with Crippen LogP contribution in [0.15, 0.2) is 59.1 Å². The summed E-state index contributed by atoms with van der Waals surface area (Å²) >= 11 is 3.47. The zero-order chi connectivity index (χ0) is 35.8. The van der Waals surface area contributed by atoms with Crippen LogP contribution < -0.4 is 10.2 Å². The largest absolute Gasteiger partial charge is 0.464 e. The van der Waals surface area contributed by atoms with Crippen molar-refractivity contribution in [2.24, 2.45) is 5.41 Å². The number of unbranched alkanes of at least 4 members (excludes halogenated alkanes) is 1. The Bertz CT molecular complexity index is 1700. The summed E-state index contributed by atoms with van der Waals surface area (Å²) in [6, 6.07) is 9.11. The SMILES string of the molecule is CCCC=CC=CC1(C)CCN(c2c(C(OC(C)(C)C)C(=O)OCC)c(C)nc3cc(C(=O)NCC(=O)Cc4ccccc4Br)nn23)CC1. The van der Waals surface area contributed by atoms with Crippen LogP contribution in [-0.4, -0.2) is 64.1 Å². The second-order valence-corrected chi connectivity index (χ2v) is 14.7. The van der Waals surface area contributed by atoms with Gasteiger partial charge < -0.3 is 19.7 Å². The molecule has 10 nitrogen and oxygen atoms in total. The fourth-order valence-electron chi connectivity index (χ4n) is 5.84. The lowest BCUT2D eigenvalue weighted by Gasteiger charge is -2.40. The third kappa shape index (κ3) is 10.1. The van der Waals surface area contributed by atoms with Crippen molar-refractivity contribution in [3.8, 4) is 0 Å². The standard InChI is InChI=1S/C38H50BrN5O5/c1-8-10-11-12-15-18-38(7)19-21-43(22-20-38)35-32(33(36(47)48-9-2)49-37(4,5)6)26(3)41-31-24-30(42-44(31)35)34(46)40-25-28(45)23-27-16-13-14-17-29(27)39/h11-18,24,33H,8-10,19-23,25H2,1-7H3,(H,40,46). The summed E-state index contributed by atoms with van der Waals surface area (Å²) in [5, 5.41) is 7.44. The van der Waals surface area contributed by atoms with Crippen LogP contribution in [0, 0.1) is 12.3 Å². The molecule has 11 heteroatoms. The minimum Gasteiger partial charge on any atom is -0.464 e. The number of fused-ring (bicyclic) bond motifs is 1. The monoisotopic (exact) mass is 735 g/mol. The number of carbonyl (C=O) groups is 3. The van der Waals surface area contributed by atoms with Crippen LogP contribution in [0.3, 0.4) is 0 Å². The molecule has 0 radical (unpaired) electrons. The second kappa shape index (κ2) is 16.7. The Labute approximate surface area is 298 Å². The van der Waals surface area contributed by atoms with Crippen molar-refractivity contribution in [2.75, 3.05) is 31.1 Å². The number of hydrogen-bond donors (Lipinski definition) is 1. The van der Waals surface area contributed by atoms with E-state index in [0.29, 0.717) is 35.8 Å². The first-order chi connectivity index (χ1) is 23.2. The molecule has 1 aromatic carbocycles. The van der Waals surface area contributed by atoms with Gasteiger partial charge in [0.1, 0.15) is 5.82 Å². The maximum Gasteiger partial charge on any atom is 0.340 e. The highest BCUT2D eigenvalue weighted by Gasteiger charge is 2.37. The number of Topliss-reactive ketones (excluding diaryl/α,β-unsaturated/α-hetero) is 1. The number of anilines is 1. The Morgan fingerprint density at radius 2 is 1.84 bits per heavy atom. The predicted molar refractivity (Wildman–Crippen MR) is 196 cm³/mol. The van der Waals surface area contributed by atoms with E-state index in [9.17, 15) is 14.4 Å². The molecule has 3 aromatic rings. The van der Waals surface area contributed by atoms with Crippen LogP contribution >= 0.6 is 15.9 Å². The Kier molecular flexibility index (Phi) is 13.0. The van der Waals surface area contributed by atoms with E-state index in [-0.39, 0.29) is 36.5 Å². The molecule has 1 N–H and O–H groups in total. The molecular weight excluding hydrogens is 686 g/mol. The number of aromatic nitrogens is 3. The Balaban J connectivity index is 1.70. The number of carbonyl (C=O) groups excluding carboxylic acids is 3. The molecule has 1 saturated heterocycles. The van der Waals surface area contributed by atoms with Gasteiger partial charge in [0.25, 0.3) is 5.91 Å². The topological polar surface area (TPSA) is 115 Å². The number of benzene rings is 1. The molecule has 1 amide bonds. The van der Waals surface area contributed by atoms with Crippen molar-refractivity contribution in [1.82, 2.24) is 19.9 Å². The lowest BCUT2D eigenvalue weighted by atomic mass is 9.80. The van der Waals surface area contributed by atoms with Crippen LogP contribution in [0.25, 0.3) is 5.65 Å². The second-order valence-electron chi connectivity index (χ2n) is 13.8. The lowest BCUT2D eigenvalue weighted by molar-refractivity contribution is -0.166. The van der Waals surface area contributed by atoms with Crippen molar-refractivity contribution in [3.05, 3.63) is 81.6 Å². The van der Waals surface area contributed by atoms with E-state index in [2.05, 4.69) is 64.3 Å². The van der Waals surface area contributed by atoms with Crippen LogP contribution in [0.2, 0.25) is 0 Å². The van der Waals surface area contributed by atoms with Crippen LogP contribution in [0.5, 0.6) is 0 Å². The van der Waals surface area contributed by atoms with E-state index >= 15 is 0 Å². The van der Waals surface area contributed by atoms with Gasteiger partial charge in [-0.15, -0.1) is 0 Å². The smallest absolute Gasteiger partial charge is 0.340 e. The molecule has 1 unspecified atom stereocenters. The van der Waals surface area contributed by atoms with Crippen LogP contribution in [-0.2, 0) is 25.5 Å². The molecule has 49 heavy (non-hydrogen) atoms. The van der Waals surface area contributed by atoms with E-state index in [4.69, 9.17) is 19.6 Å². The minimum atomic E-state index is -1.07. The van der Waals surface area contributed by atoms with Crippen LogP contribution in [0.1, 0.15) is 101 Å². The number of halogens is 1. The number of ketones is 1. The van der Waals surface area contributed by atoms with Gasteiger partial charge in [-0.05, 0) is 70.9 Å². The van der Waals surface area contributed by atoms with Gasteiger partial charge in [-0.1, -0.05) is 78.7 Å². The molecule has 0 saturated carbocycles. The number of esters is 1. The predicted octanol–water partition coefficient (Wildman–Crippen LogP) is 7.28. The molecule has 0 spiro atoms. The Morgan fingerprint density at radius 3 is 2.49 bits per heavy atom. The van der Waals surface area contributed by atoms with Crippen molar-refractivity contribution >= 4 is 45.1 Å². The number of nitrogens with one attached hydrogen (secondary N) is 1. The van der Waals surface area contributed by atoms with Crippen molar-refractivity contribution < 1.29 is 23.9 Å². The van der Waals surface area contributed by atoms with Gasteiger partial charge in [0, 0.05) is 35.7 Å². The highest BCUT2D eigenvalue weighted by Crippen LogP contribution is 2.40. The number of ether oxygens (including phenoxy) is 2. The third-order valence-electron chi connectivity index (χ3n) is 8.47. The number of amides is 1. The van der Waals surface area contributed by atoms with Gasteiger partial charge in [-0.25, -0.2) is 9.78 Å². The van der Waals surface area contributed by atoms with Crippen molar-refractivity contribution in [2.45, 2.75) is 92.3 Å². The molecule has 1 aliphatic heterocycles. The molecule has 3 heterocycles. The molecule has 1 aliphatic rings. The van der Waals surface area contributed by atoms with E-state index in [1.54, 1.807) is 17.5 Å². The van der Waals surface area contributed by atoms with Gasteiger partial charge in [0.2, 0.25) is 0 Å². The summed E-state index contributed by atoms with van der Waals surface area (Å²) in [5.41, 5.74) is 1.87. The van der Waals surface area contributed by atoms with E-state index in [0.717, 1.165) is 35.7 Å². The first-order valence-electron chi connectivity index (χ1n) is 17.1. The quantitative estimate of drug-likeness (QED) is 0.136. The summed E-state index contributed by atoms with van der Waals surface area (Å²) in [7, 11) is 0. The zero-order valence-corrected chi connectivity index (χ0v) is 31.4. The number of aryl methyl sites for hydroxylation is 1. The van der Waals surface area contributed by atoms with Gasteiger partial charge in [-0.2, -0.15) is 9.61 Å². The lowest BCUT2D eigenvalue weighted by Crippen LogP contribution is -2.40. The first kappa shape index (κ1) is 38.0. The van der Waals surface area contributed by atoms with Gasteiger partial charge in [-0.3, -0.25) is 9.59 Å². The van der Waals surface area contributed by atoms with Crippen molar-refractivity contribution in [1.29, 1.82) is 0 Å². The van der Waals surface area contributed by atoms with Crippen LogP contribution in [0.4, 0.5) is 5.82 Å². The average Bonchev–Trinajstić information content (AvgIpc) is 3.47. The van der Waals surface area contributed by atoms with E-state index in [1.165, 1.54) is 0 Å². The Hall–Kier alpha value is -3.83. The number of hydrogen-bond acceptors (Lipinski definition) is 8. The molecule has 0 bridgehead atoms. The molecule has 0 aliphatic carbocycles. The summed E-state index contributed by atoms with van der Waals surface area (Å²) in [6.07, 6.45) is 11.7. The van der Waals surface area contributed by atoms with Gasteiger partial charge in [0.05, 0.1) is 24.3 Å².